The van der Waals surface area contributed by atoms with Gasteiger partial charge >= 0.3 is 5.69 Å². The van der Waals surface area contributed by atoms with Crippen LogP contribution >= 0.6 is 0 Å². The van der Waals surface area contributed by atoms with Crippen LogP contribution in [0.25, 0.3) is 16.9 Å². The maximum Gasteiger partial charge on any atom is 0.335 e. The van der Waals surface area contributed by atoms with Crippen molar-refractivity contribution in [3.05, 3.63) is 76.3 Å². The fourth-order valence-corrected chi connectivity index (χ4v) is 4.66. The Kier molecular flexibility index (Phi) is 6.95. The van der Waals surface area contributed by atoms with Gasteiger partial charge in [-0.1, -0.05) is 12.1 Å². The molecule has 0 spiro atoms. The van der Waals surface area contributed by atoms with Gasteiger partial charge in [-0.25, -0.2) is 23.1 Å². The lowest BCUT2D eigenvalue weighted by Crippen LogP contribution is -2.28. The molecule has 8 nitrogen and oxygen atoms in total. The van der Waals surface area contributed by atoms with Crippen molar-refractivity contribution in [2.45, 2.75) is 25.8 Å². The quantitative estimate of drug-likeness (QED) is 0.388. The van der Waals surface area contributed by atoms with E-state index in [0.29, 0.717) is 41.0 Å². The predicted molar refractivity (Wildman–Crippen MR) is 134 cm³/mol. The molecule has 5 rings (SSSR count). The zero-order chi connectivity index (χ0) is 25.1. The summed E-state index contributed by atoms with van der Waals surface area (Å²) in [6.07, 6.45) is 4.81. The highest BCUT2D eigenvalue weighted by Gasteiger charge is 2.20. The van der Waals surface area contributed by atoms with Crippen LogP contribution in [0.15, 0.2) is 53.5 Å². The maximum absolute atomic E-state index is 14.4. The summed E-state index contributed by atoms with van der Waals surface area (Å²) in [5, 5.41) is 6.64. The molecule has 1 saturated heterocycles. The van der Waals surface area contributed by atoms with Gasteiger partial charge in [-0.2, -0.15) is 4.98 Å². The van der Waals surface area contributed by atoms with Crippen LogP contribution in [0.3, 0.4) is 0 Å². The van der Waals surface area contributed by atoms with Gasteiger partial charge in [0.2, 0.25) is 5.95 Å². The maximum atomic E-state index is 14.4. The largest absolute Gasteiger partial charge is 0.497 e. The van der Waals surface area contributed by atoms with Crippen molar-refractivity contribution in [2.75, 3.05) is 32.1 Å². The van der Waals surface area contributed by atoms with Gasteiger partial charge in [-0.15, -0.1) is 0 Å². The van der Waals surface area contributed by atoms with Crippen molar-refractivity contribution in [3.63, 3.8) is 0 Å². The van der Waals surface area contributed by atoms with Crippen molar-refractivity contribution in [2.24, 2.45) is 5.92 Å². The van der Waals surface area contributed by atoms with Gasteiger partial charge in [-0.05, 0) is 62.5 Å². The molecule has 2 N–H and O–H groups in total. The third-order valence-electron chi connectivity index (χ3n) is 6.66. The lowest BCUT2D eigenvalue weighted by atomic mass is 9.95. The van der Waals surface area contributed by atoms with Crippen molar-refractivity contribution in [3.8, 4) is 11.4 Å². The van der Waals surface area contributed by atoms with E-state index in [4.69, 9.17) is 4.74 Å². The number of aromatic nitrogens is 4. The molecule has 36 heavy (non-hydrogen) atoms. The minimum Gasteiger partial charge on any atom is -0.497 e. The van der Waals surface area contributed by atoms with Gasteiger partial charge < -0.3 is 15.4 Å². The van der Waals surface area contributed by atoms with Crippen LogP contribution in [0.1, 0.15) is 24.8 Å². The highest BCUT2D eigenvalue weighted by atomic mass is 19.1. The van der Waals surface area contributed by atoms with E-state index >= 15 is 0 Å². The van der Waals surface area contributed by atoms with Crippen LogP contribution in [0, 0.1) is 17.6 Å². The Morgan fingerprint density at radius 2 is 1.89 bits per heavy atom. The summed E-state index contributed by atoms with van der Waals surface area (Å²) in [5.41, 5.74) is 0.547. The molecule has 0 unspecified atom stereocenters. The number of rotatable bonds is 8. The first-order valence-corrected chi connectivity index (χ1v) is 12.1. The van der Waals surface area contributed by atoms with Crippen LogP contribution in [-0.4, -0.2) is 45.8 Å². The minimum atomic E-state index is -0.721. The Balaban J connectivity index is 1.54. The first-order chi connectivity index (χ1) is 17.5. The first kappa shape index (κ1) is 23.9. The molecular weight excluding hydrogens is 466 g/mol. The number of piperidine rings is 1. The van der Waals surface area contributed by atoms with E-state index in [1.807, 2.05) is 0 Å². The fraction of sp³-hybridized carbons (Fsp3) is 0.346. The molecule has 1 aliphatic heterocycles. The first-order valence-electron chi connectivity index (χ1n) is 12.1. The van der Waals surface area contributed by atoms with Gasteiger partial charge in [0.25, 0.3) is 0 Å². The van der Waals surface area contributed by atoms with Gasteiger partial charge in [0.15, 0.2) is 5.65 Å². The number of methoxy groups -OCH3 is 1. The third-order valence-corrected chi connectivity index (χ3v) is 6.66. The zero-order valence-electron chi connectivity index (χ0n) is 20.0. The number of hydrogen-bond donors (Lipinski definition) is 2. The smallest absolute Gasteiger partial charge is 0.335 e. The average molecular weight is 495 g/mol. The molecule has 0 aliphatic carbocycles. The van der Waals surface area contributed by atoms with E-state index in [0.717, 1.165) is 32.4 Å². The second kappa shape index (κ2) is 10.4. The highest BCUT2D eigenvalue weighted by Crippen LogP contribution is 2.23. The number of nitrogens with zero attached hydrogens (tertiary/aromatic N) is 4. The number of hydrogen-bond acceptors (Lipinski definition) is 6. The normalized spacial score (nSPS) is 14.3. The molecule has 3 heterocycles. The lowest BCUT2D eigenvalue weighted by Gasteiger charge is -2.22. The molecule has 0 saturated carbocycles. The Bertz CT molecular complexity index is 1410. The summed E-state index contributed by atoms with van der Waals surface area (Å²) in [4.78, 5) is 22.6. The molecular formula is C26H28F2N6O2. The van der Waals surface area contributed by atoms with E-state index in [1.54, 1.807) is 31.4 Å². The molecule has 0 amide bonds. The molecule has 2 aromatic carbocycles. The number of nitrogens with one attached hydrogen (secondary N) is 2. The second-order valence-electron chi connectivity index (χ2n) is 8.92. The fourth-order valence-electron chi connectivity index (χ4n) is 4.66. The van der Waals surface area contributed by atoms with Crippen molar-refractivity contribution in [1.29, 1.82) is 0 Å². The standard InChI is InChI=1S/C26H28F2N6O2/c1-36-19-5-2-4-18(14-19)34-24-23(33(26(34)35)16-20-21(27)6-3-7-22(20)28)15-31-25(32-24)30-13-10-17-8-11-29-12-9-17/h2-7,14-15,17,29H,8-13,16H2,1H3,(H,30,31,32). The average Bonchev–Trinajstić information content (AvgIpc) is 3.17. The van der Waals surface area contributed by atoms with Gasteiger partial charge in [0, 0.05) is 18.2 Å². The summed E-state index contributed by atoms with van der Waals surface area (Å²) in [5.74, 6) is 0.161. The number of benzene rings is 2. The number of imidazole rings is 1. The predicted octanol–water partition coefficient (Wildman–Crippen LogP) is 3.72. The number of anilines is 1. The zero-order valence-corrected chi connectivity index (χ0v) is 20.0. The molecule has 0 bridgehead atoms. The Morgan fingerprint density at radius 3 is 2.64 bits per heavy atom. The summed E-state index contributed by atoms with van der Waals surface area (Å²) < 4.78 is 36.9. The monoisotopic (exact) mass is 494 g/mol. The van der Waals surface area contributed by atoms with E-state index in [2.05, 4.69) is 20.6 Å². The summed E-state index contributed by atoms with van der Waals surface area (Å²) in [6.45, 7) is 2.49. The molecule has 10 heteroatoms. The molecule has 4 aromatic rings. The van der Waals surface area contributed by atoms with E-state index in [9.17, 15) is 13.6 Å². The van der Waals surface area contributed by atoms with Gasteiger partial charge in [0.05, 0.1) is 25.5 Å². The molecule has 0 radical (unpaired) electrons. The van der Waals surface area contributed by atoms with Gasteiger partial charge in [0.1, 0.15) is 22.9 Å². The molecule has 0 atom stereocenters. The second-order valence-corrected chi connectivity index (χ2v) is 8.92. The number of fused-ring (bicyclic) bond motifs is 1. The van der Waals surface area contributed by atoms with E-state index in [1.165, 1.54) is 33.5 Å². The Labute approximate surface area is 206 Å². The van der Waals surface area contributed by atoms with Crippen molar-refractivity contribution in [1.82, 2.24) is 24.4 Å². The number of ether oxygens (including phenoxy) is 1. The SMILES string of the molecule is COc1cccc(-n2c(=O)n(Cc3c(F)cccc3F)c3cnc(NCCC4CCNCC4)nc32)c1. The summed E-state index contributed by atoms with van der Waals surface area (Å²) in [6, 6.07) is 10.6. The Morgan fingerprint density at radius 1 is 1.14 bits per heavy atom. The van der Waals surface area contributed by atoms with Crippen LogP contribution in [0.5, 0.6) is 5.75 Å². The lowest BCUT2D eigenvalue weighted by molar-refractivity contribution is 0.361. The van der Waals surface area contributed by atoms with Gasteiger partial charge in [-0.3, -0.25) is 4.57 Å². The molecule has 188 valence electrons. The topological polar surface area (TPSA) is 86.0 Å². The summed E-state index contributed by atoms with van der Waals surface area (Å²) >= 11 is 0. The van der Waals surface area contributed by atoms with E-state index in [-0.39, 0.29) is 12.1 Å². The third kappa shape index (κ3) is 4.81. The Hall–Kier alpha value is -3.79. The number of halogens is 2. The highest BCUT2D eigenvalue weighted by molar-refractivity contribution is 5.74. The van der Waals surface area contributed by atoms with Crippen LogP contribution in [-0.2, 0) is 6.54 Å². The molecule has 2 aromatic heterocycles. The van der Waals surface area contributed by atoms with E-state index < -0.39 is 17.3 Å². The molecule has 1 fully saturated rings. The molecule has 1 aliphatic rings. The summed E-state index contributed by atoms with van der Waals surface area (Å²) in [7, 11) is 1.54. The van der Waals surface area contributed by atoms with Crippen LogP contribution < -0.4 is 21.1 Å². The van der Waals surface area contributed by atoms with Crippen molar-refractivity contribution >= 4 is 17.1 Å². The minimum absolute atomic E-state index is 0.200. The van der Waals surface area contributed by atoms with Crippen LogP contribution in [0.2, 0.25) is 0 Å². The van der Waals surface area contributed by atoms with Crippen molar-refractivity contribution < 1.29 is 13.5 Å². The van der Waals surface area contributed by atoms with Crippen LogP contribution in [0.4, 0.5) is 14.7 Å².